The number of fused-ring (bicyclic) bond motifs is 1. The Hall–Kier alpha value is -4.85. The second kappa shape index (κ2) is 10.6. The molecule has 3 aromatic carbocycles. The minimum absolute atomic E-state index is 0.221. The first-order valence-electron chi connectivity index (χ1n) is 12.1. The molecule has 8 heteroatoms. The van der Waals surface area contributed by atoms with Crippen molar-refractivity contribution in [3.8, 4) is 23.0 Å². The van der Waals surface area contributed by atoms with Crippen LogP contribution >= 0.6 is 0 Å². The van der Waals surface area contributed by atoms with E-state index in [0.717, 1.165) is 11.3 Å². The van der Waals surface area contributed by atoms with Crippen molar-refractivity contribution in [3.63, 3.8) is 0 Å². The topological polar surface area (TPSA) is 90.0 Å². The molecule has 0 spiro atoms. The quantitative estimate of drug-likeness (QED) is 0.357. The maximum Gasteiger partial charge on any atom is 0.254 e. The van der Waals surface area contributed by atoms with Gasteiger partial charge >= 0.3 is 0 Å². The zero-order valence-electron chi connectivity index (χ0n) is 21.3. The highest BCUT2D eigenvalue weighted by atomic mass is 16.5. The van der Waals surface area contributed by atoms with Gasteiger partial charge in [0.05, 0.1) is 26.2 Å². The van der Waals surface area contributed by atoms with Crippen LogP contribution in [0.1, 0.15) is 33.4 Å². The van der Waals surface area contributed by atoms with E-state index in [9.17, 15) is 9.59 Å². The minimum atomic E-state index is -0.739. The van der Waals surface area contributed by atoms with Crippen LogP contribution in [0.3, 0.4) is 0 Å². The first-order valence-corrected chi connectivity index (χ1v) is 12.1. The summed E-state index contributed by atoms with van der Waals surface area (Å²) in [6, 6.07) is 23.0. The maximum atomic E-state index is 13.9. The second-order valence-corrected chi connectivity index (χ2v) is 8.85. The van der Waals surface area contributed by atoms with Gasteiger partial charge in [-0.3, -0.25) is 14.6 Å². The number of hydrogen-bond donors (Lipinski definition) is 1. The number of methoxy groups -OCH3 is 2. The fourth-order valence-corrected chi connectivity index (χ4v) is 4.75. The second-order valence-electron chi connectivity index (χ2n) is 8.85. The number of nitrogens with one attached hydrogen (secondary N) is 1. The maximum absolute atomic E-state index is 13.9. The van der Waals surface area contributed by atoms with Crippen LogP contribution in [-0.2, 0) is 4.79 Å². The predicted molar refractivity (Wildman–Crippen MR) is 143 cm³/mol. The minimum Gasteiger partial charge on any atom is -0.493 e. The molecule has 192 valence electrons. The Balaban J connectivity index is 1.50. The van der Waals surface area contributed by atoms with Gasteiger partial charge in [0, 0.05) is 30.7 Å². The third kappa shape index (κ3) is 4.76. The van der Waals surface area contributed by atoms with Crippen molar-refractivity contribution in [1.29, 1.82) is 0 Å². The highest BCUT2D eigenvalue weighted by molar-refractivity contribution is 6.04. The van der Waals surface area contributed by atoms with Crippen LogP contribution in [0, 0.1) is 0 Å². The van der Waals surface area contributed by atoms with E-state index in [1.165, 1.54) is 14.2 Å². The first kappa shape index (κ1) is 24.8. The Morgan fingerprint density at radius 3 is 2.24 bits per heavy atom. The molecule has 0 fully saturated rings. The van der Waals surface area contributed by atoms with E-state index < -0.39 is 12.0 Å². The summed E-state index contributed by atoms with van der Waals surface area (Å²) in [4.78, 5) is 33.2. The molecule has 1 N–H and O–H groups in total. The Labute approximate surface area is 220 Å². The largest absolute Gasteiger partial charge is 0.493 e. The van der Waals surface area contributed by atoms with Gasteiger partial charge in [0.1, 0.15) is 11.5 Å². The summed E-state index contributed by atoms with van der Waals surface area (Å²) in [6.07, 6.45) is 3.33. The van der Waals surface area contributed by atoms with Crippen molar-refractivity contribution >= 4 is 17.5 Å². The molecule has 2 heterocycles. The van der Waals surface area contributed by atoms with E-state index in [4.69, 9.17) is 14.2 Å². The molecule has 4 aromatic rings. The number of pyridine rings is 1. The molecule has 5 rings (SSSR count). The lowest BCUT2D eigenvalue weighted by atomic mass is 9.79. The number of anilines is 1. The van der Waals surface area contributed by atoms with Gasteiger partial charge in [-0.2, -0.15) is 0 Å². The molecule has 0 bridgehead atoms. The molecular formula is C30H27N3O5. The third-order valence-corrected chi connectivity index (χ3v) is 6.58. The molecule has 1 aliphatic rings. The molecule has 0 saturated heterocycles. The number of hydrogen-bond acceptors (Lipinski definition) is 6. The fraction of sp³-hybridized carbons (Fsp3) is 0.167. The molecule has 1 aromatic heterocycles. The van der Waals surface area contributed by atoms with Gasteiger partial charge in [0.2, 0.25) is 5.91 Å². The SMILES string of the molecule is COc1cc2c(cc1OC)[C@@H](C(=O)Nc1ccc(Oc3ccccc3)cc1)[C@@H](c1cccnc1)N(C)C2=O. The van der Waals surface area contributed by atoms with Crippen LogP contribution in [-0.4, -0.2) is 43.0 Å². The van der Waals surface area contributed by atoms with E-state index in [-0.39, 0.29) is 11.8 Å². The Morgan fingerprint density at radius 2 is 1.58 bits per heavy atom. The number of carbonyl (C=O) groups excluding carboxylic acids is 2. The monoisotopic (exact) mass is 509 g/mol. The molecule has 2 atom stereocenters. The van der Waals surface area contributed by atoms with Crippen LogP contribution in [0.4, 0.5) is 5.69 Å². The number of carbonyl (C=O) groups is 2. The standard InChI is InChI=1S/C30H27N3O5/c1-33-28(19-8-7-15-31-18-19)27(23-16-25(36-2)26(37-3)17-24(23)30(33)35)29(34)32-20-11-13-22(14-12-20)38-21-9-5-4-6-10-21/h4-18,27-28H,1-3H3,(H,32,34)/t27-,28-/m1/s1. The van der Waals surface area contributed by atoms with Gasteiger partial charge in [-0.1, -0.05) is 24.3 Å². The van der Waals surface area contributed by atoms with Crippen molar-refractivity contribution in [2.45, 2.75) is 12.0 Å². The molecule has 38 heavy (non-hydrogen) atoms. The van der Waals surface area contributed by atoms with Crippen molar-refractivity contribution in [2.75, 3.05) is 26.6 Å². The van der Waals surface area contributed by atoms with Crippen LogP contribution < -0.4 is 19.5 Å². The predicted octanol–water partition coefficient (Wildman–Crippen LogP) is 5.44. The van der Waals surface area contributed by atoms with Crippen molar-refractivity contribution in [3.05, 3.63) is 108 Å². The van der Waals surface area contributed by atoms with Gasteiger partial charge in [0.15, 0.2) is 11.5 Å². The number of para-hydroxylation sites is 1. The lowest BCUT2D eigenvalue weighted by molar-refractivity contribution is -0.119. The lowest BCUT2D eigenvalue weighted by Gasteiger charge is -2.39. The van der Waals surface area contributed by atoms with Gasteiger partial charge in [-0.05, 0) is 65.7 Å². The normalized spacial score (nSPS) is 16.4. The summed E-state index contributed by atoms with van der Waals surface area (Å²) >= 11 is 0. The molecule has 0 saturated carbocycles. The number of aromatic nitrogens is 1. The zero-order chi connectivity index (χ0) is 26.6. The van der Waals surface area contributed by atoms with Crippen LogP contribution in [0.5, 0.6) is 23.0 Å². The molecular weight excluding hydrogens is 482 g/mol. The van der Waals surface area contributed by atoms with E-state index in [2.05, 4.69) is 10.3 Å². The molecule has 2 amide bonds. The summed E-state index contributed by atoms with van der Waals surface area (Å²) in [5, 5.41) is 3.02. The third-order valence-electron chi connectivity index (χ3n) is 6.58. The average molecular weight is 510 g/mol. The molecule has 0 aliphatic carbocycles. The van der Waals surface area contributed by atoms with Crippen molar-refractivity contribution < 1.29 is 23.8 Å². The van der Waals surface area contributed by atoms with Gasteiger partial charge in [-0.15, -0.1) is 0 Å². The summed E-state index contributed by atoms with van der Waals surface area (Å²) in [7, 11) is 4.72. The Morgan fingerprint density at radius 1 is 0.895 bits per heavy atom. The lowest BCUT2D eigenvalue weighted by Crippen LogP contribution is -2.44. The number of nitrogens with zero attached hydrogens (tertiary/aromatic N) is 2. The summed E-state index contributed by atoms with van der Waals surface area (Å²) < 4.78 is 16.8. The average Bonchev–Trinajstić information content (AvgIpc) is 2.96. The van der Waals surface area contributed by atoms with E-state index in [1.807, 2.05) is 36.4 Å². The van der Waals surface area contributed by atoms with Crippen LogP contribution in [0.25, 0.3) is 0 Å². The molecule has 8 nitrogen and oxygen atoms in total. The van der Waals surface area contributed by atoms with Gasteiger partial charge in [0.25, 0.3) is 5.91 Å². The number of benzene rings is 3. The Bertz CT molecular complexity index is 1440. The summed E-state index contributed by atoms with van der Waals surface area (Å²) in [5.74, 6) is 0.989. The van der Waals surface area contributed by atoms with E-state index in [1.54, 1.807) is 66.8 Å². The number of likely N-dealkylation sites (N-methyl/N-ethyl adjacent to an activating group) is 1. The van der Waals surface area contributed by atoms with E-state index >= 15 is 0 Å². The zero-order valence-corrected chi connectivity index (χ0v) is 21.3. The van der Waals surface area contributed by atoms with Crippen molar-refractivity contribution in [1.82, 2.24) is 9.88 Å². The van der Waals surface area contributed by atoms with Crippen LogP contribution in [0.15, 0.2) is 91.3 Å². The highest BCUT2D eigenvalue weighted by Crippen LogP contribution is 2.45. The molecule has 0 radical (unpaired) electrons. The van der Waals surface area contributed by atoms with Crippen LogP contribution in [0.2, 0.25) is 0 Å². The number of rotatable bonds is 7. The summed E-state index contributed by atoms with van der Waals surface area (Å²) in [5.41, 5.74) is 2.29. The number of amides is 2. The smallest absolute Gasteiger partial charge is 0.254 e. The molecule has 0 unspecified atom stereocenters. The Kier molecular flexibility index (Phi) is 6.95. The van der Waals surface area contributed by atoms with Crippen molar-refractivity contribution in [2.24, 2.45) is 0 Å². The molecule has 1 aliphatic heterocycles. The highest BCUT2D eigenvalue weighted by Gasteiger charge is 2.43. The fourth-order valence-electron chi connectivity index (χ4n) is 4.75. The van der Waals surface area contributed by atoms with Gasteiger partial charge < -0.3 is 24.4 Å². The summed E-state index contributed by atoms with van der Waals surface area (Å²) in [6.45, 7) is 0. The van der Waals surface area contributed by atoms with Gasteiger partial charge in [-0.25, -0.2) is 0 Å². The number of ether oxygens (including phenoxy) is 3. The van der Waals surface area contributed by atoms with E-state index in [0.29, 0.717) is 34.1 Å². The first-order chi connectivity index (χ1) is 18.5.